The van der Waals surface area contributed by atoms with Crippen molar-refractivity contribution in [1.82, 2.24) is 0 Å². The second kappa shape index (κ2) is 3.49. The number of hydrogen-bond acceptors (Lipinski definition) is 3. The molecule has 1 heterocycles. The van der Waals surface area contributed by atoms with Gasteiger partial charge in [-0.3, -0.25) is 0 Å². The van der Waals surface area contributed by atoms with Crippen LogP contribution in [0.4, 0.5) is 0 Å². The molecule has 0 aromatic carbocycles. The van der Waals surface area contributed by atoms with E-state index < -0.39 is 6.04 Å². The maximum atomic E-state index is 8.73. The summed E-state index contributed by atoms with van der Waals surface area (Å²) in [6.07, 6.45) is 0. The standard InChI is InChI=1S/C10H14N2S/c1-10(2,3)8-6-13-5-7(8)9(12)4-11/h5-6,9H,12H2,1-3H3. The van der Waals surface area contributed by atoms with E-state index in [1.807, 2.05) is 5.38 Å². The van der Waals surface area contributed by atoms with E-state index in [9.17, 15) is 0 Å². The molecule has 1 rings (SSSR count). The second-order valence-electron chi connectivity index (χ2n) is 4.10. The fraction of sp³-hybridized carbons (Fsp3) is 0.500. The van der Waals surface area contributed by atoms with Gasteiger partial charge >= 0.3 is 0 Å². The van der Waals surface area contributed by atoms with Gasteiger partial charge in [-0.2, -0.15) is 16.6 Å². The van der Waals surface area contributed by atoms with Gasteiger partial charge in [-0.25, -0.2) is 0 Å². The fourth-order valence-electron chi connectivity index (χ4n) is 1.23. The van der Waals surface area contributed by atoms with E-state index in [0.29, 0.717) is 0 Å². The van der Waals surface area contributed by atoms with Gasteiger partial charge in [-0.1, -0.05) is 20.8 Å². The first-order valence-corrected chi connectivity index (χ1v) is 5.13. The molecule has 0 spiro atoms. The van der Waals surface area contributed by atoms with Crippen LogP contribution in [-0.2, 0) is 5.41 Å². The van der Waals surface area contributed by atoms with Crippen molar-refractivity contribution in [2.45, 2.75) is 32.2 Å². The third-order valence-electron chi connectivity index (χ3n) is 1.97. The summed E-state index contributed by atoms with van der Waals surface area (Å²) in [6, 6.07) is 1.58. The lowest BCUT2D eigenvalue weighted by atomic mass is 9.85. The van der Waals surface area contributed by atoms with Gasteiger partial charge in [0.15, 0.2) is 0 Å². The third-order valence-corrected chi connectivity index (χ3v) is 2.74. The maximum absolute atomic E-state index is 8.73. The molecule has 0 bridgehead atoms. The van der Waals surface area contributed by atoms with Crippen molar-refractivity contribution in [1.29, 1.82) is 5.26 Å². The lowest BCUT2D eigenvalue weighted by molar-refractivity contribution is 0.582. The summed E-state index contributed by atoms with van der Waals surface area (Å²) in [4.78, 5) is 0. The maximum Gasteiger partial charge on any atom is 0.119 e. The van der Waals surface area contributed by atoms with E-state index in [1.165, 1.54) is 5.56 Å². The van der Waals surface area contributed by atoms with E-state index in [1.54, 1.807) is 11.3 Å². The minimum absolute atomic E-state index is 0.0732. The number of nitrogens with zero attached hydrogens (tertiary/aromatic N) is 1. The minimum Gasteiger partial charge on any atom is -0.312 e. The number of thiophene rings is 1. The predicted molar refractivity (Wildman–Crippen MR) is 55.6 cm³/mol. The molecule has 2 N–H and O–H groups in total. The van der Waals surface area contributed by atoms with Gasteiger partial charge in [0, 0.05) is 0 Å². The average molecular weight is 194 g/mol. The minimum atomic E-state index is -0.486. The van der Waals surface area contributed by atoms with Crippen molar-refractivity contribution in [3.8, 4) is 6.07 Å². The Labute approximate surface area is 83.0 Å². The first-order chi connectivity index (χ1) is 5.96. The average Bonchev–Trinajstić information content (AvgIpc) is 2.49. The summed E-state index contributed by atoms with van der Waals surface area (Å²) >= 11 is 1.61. The SMILES string of the molecule is CC(C)(C)c1cscc1C(N)C#N. The Hall–Kier alpha value is -0.850. The van der Waals surface area contributed by atoms with Gasteiger partial charge < -0.3 is 5.73 Å². The summed E-state index contributed by atoms with van der Waals surface area (Å²) in [5.41, 5.74) is 7.91. The molecule has 1 unspecified atom stereocenters. The molecule has 0 saturated carbocycles. The molecule has 0 aliphatic rings. The molecule has 0 radical (unpaired) electrons. The van der Waals surface area contributed by atoms with Crippen LogP contribution in [0, 0.1) is 11.3 Å². The van der Waals surface area contributed by atoms with Crippen LogP contribution in [0.3, 0.4) is 0 Å². The van der Waals surface area contributed by atoms with E-state index in [4.69, 9.17) is 11.0 Å². The monoisotopic (exact) mass is 194 g/mol. The molecule has 0 aliphatic carbocycles. The highest BCUT2D eigenvalue weighted by molar-refractivity contribution is 7.08. The van der Waals surface area contributed by atoms with Crippen LogP contribution in [-0.4, -0.2) is 0 Å². The van der Waals surface area contributed by atoms with Crippen molar-refractivity contribution < 1.29 is 0 Å². The lowest BCUT2D eigenvalue weighted by Gasteiger charge is -2.20. The van der Waals surface area contributed by atoms with Gasteiger partial charge in [-0.05, 0) is 27.3 Å². The first-order valence-electron chi connectivity index (χ1n) is 4.18. The summed E-state index contributed by atoms with van der Waals surface area (Å²) in [5, 5.41) is 12.8. The highest BCUT2D eigenvalue weighted by Crippen LogP contribution is 2.31. The smallest absolute Gasteiger partial charge is 0.119 e. The third kappa shape index (κ3) is 2.09. The molecule has 70 valence electrons. The lowest BCUT2D eigenvalue weighted by Crippen LogP contribution is -2.17. The number of nitriles is 1. The molecular weight excluding hydrogens is 180 g/mol. The van der Waals surface area contributed by atoms with Crippen LogP contribution >= 0.6 is 11.3 Å². The number of rotatable bonds is 1. The molecule has 1 aromatic heterocycles. The topological polar surface area (TPSA) is 49.8 Å². The van der Waals surface area contributed by atoms with Crippen LogP contribution in [0.15, 0.2) is 10.8 Å². The zero-order valence-corrected chi connectivity index (χ0v) is 8.98. The van der Waals surface area contributed by atoms with Gasteiger partial charge in [0.2, 0.25) is 0 Å². The summed E-state index contributed by atoms with van der Waals surface area (Å²) in [5.74, 6) is 0. The Balaban J connectivity index is 3.12. The zero-order chi connectivity index (χ0) is 10.1. The molecule has 0 amide bonds. The zero-order valence-electron chi connectivity index (χ0n) is 8.16. The Morgan fingerprint density at radius 2 is 2.08 bits per heavy atom. The second-order valence-corrected chi connectivity index (χ2v) is 4.84. The van der Waals surface area contributed by atoms with Gasteiger partial charge in [-0.15, -0.1) is 0 Å². The molecule has 2 nitrogen and oxygen atoms in total. The number of nitrogens with two attached hydrogens (primary N) is 1. The molecule has 1 atom stereocenters. The molecule has 0 saturated heterocycles. The van der Waals surface area contributed by atoms with Crippen LogP contribution in [0.5, 0.6) is 0 Å². The Morgan fingerprint density at radius 1 is 1.46 bits per heavy atom. The predicted octanol–water partition coefficient (Wildman–Crippen LogP) is 2.57. The van der Waals surface area contributed by atoms with Crippen molar-refractivity contribution in [2.24, 2.45) is 5.73 Å². The number of hydrogen-bond donors (Lipinski definition) is 1. The molecule has 3 heteroatoms. The molecule has 0 aliphatic heterocycles. The van der Waals surface area contributed by atoms with Crippen molar-refractivity contribution in [3.63, 3.8) is 0 Å². The normalized spacial score (nSPS) is 13.8. The van der Waals surface area contributed by atoms with Gasteiger partial charge in [0.25, 0.3) is 0 Å². The van der Waals surface area contributed by atoms with Gasteiger partial charge in [0.1, 0.15) is 6.04 Å². The van der Waals surface area contributed by atoms with Crippen molar-refractivity contribution in [3.05, 3.63) is 21.9 Å². The van der Waals surface area contributed by atoms with E-state index in [0.717, 1.165) is 5.56 Å². The summed E-state index contributed by atoms with van der Waals surface area (Å²) in [6.45, 7) is 6.38. The van der Waals surface area contributed by atoms with Crippen LogP contribution in [0.25, 0.3) is 0 Å². The summed E-state index contributed by atoms with van der Waals surface area (Å²) < 4.78 is 0. The van der Waals surface area contributed by atoms with E-state index >= 15 is 0 Å². The van der Waals surface area contributed by atoms with E-state index in [-0.39, 0.29) is 5.41 Å². The molecule has 1 aromatic rings. The quantitative estimate of drug-likeness (QED) is 0.747. The summed E-state index contributed by atoms with van der Waals surface area (Å²) in [7, 11) is 0. The Morgan fingerprint density at radius 3 is 2.54 bits per heavy atom. The fourth-order valence-corrected chi connectivity index (χ4v) is 2.34. The molecular formula is C10H14N2S. The van der Waals surface area contributed by atoms with Crippen LogP contribution in [0.1, 0.15) is 37.9 Å². The molecule has 13 heavy (non-hydrogen) atoms. The van der Waals surface area contributed by atoms with Crippen LogP contribution < -0.4 is 5.73 Å². The highest BCUT2D eigenvalue weighted by Gasteiger charge is 2.21. The largest absolute Gasteiger partial charge is 0.312 e. The Bertz CT molecular complexity index is 327. The van der Waals surface area contributed by atoms with Gasteiger partial charge in [0.05, 0.1) is 6.07 Å². The van der Waals surface area contributed by atoms with Crippen LogP contribution in [0.2, 0.25) is 0 Å². The highest BCUT2D eigenvalue weighted by atomic mass is 32.1. The van der Waals surface area contributed by atoms with Crippen molar-refractivity contribution in [2.75, 3.05) is 0 Å². The first kappa shape index (κ1) is 10.2. The Kier molecular flexibility index (Phi) is 2.74. The van der Waals surface area contributed by atoms with E-state index in [2.05, 4.69) is 32.2 Å². The van der Waals surface area contributed by atoms with Crippen molar-refractivity contribution >= 4 is 11.3 Å². The molecule has 0 fully saturated rings.